The van der Waals surface area contributed by atoms with Gasteiger partial charge in [0.2, 0.25) is 11.7 Å². The van der Waals surface area contributed by atoms with Gasteiger partial charge in [0.15, 0.2) is 0 Å². The molecular weight excluding hydrogens is 298 g/mol. The Morgan fingerprint density at radius 2 is 2.04 bits per heavy atom. The number of rotatable bonds is 7. The number of nitrogens with one attached hydrogen (secondary N) is 1. The average Bonchev–Trinajstić information content (AvgIpc) is 3.24. The molecule has 1 aliphatic carbocycles. The van der Waals surface area contributed by atoms with Gasteiger partial charge in [-0.2, -0.15) is 4.80 Å². The molecule has 1 unspecified atom stereocenters. The van der Waals surface area contributed by atoms with Crippen LogP contribution in [0.15, 0.2) is 30.3 Å². The molecule has 8 nitrogen and oxygen atoms in total. The fraction of sp³-hybridized carbons (Fsp3) is 0.400. The van der Waals surface area contributed by atoms with Gasteiger partial charge in [-0.15, -0.1) is 10.2 Å². The Hall–Kier alpha value is -2.77. The average molecular weight is 315 g/mol. The number of aliphatic carboxylic acids is 1. The van der Waals surface area contributed by atoms with E-state index in [0.717, 1.165) is 23.2 Å². The first-order valence-corrected chi connectivity index (χ1v) is 7.47. The van der Waals surface area contributed by atoms with Gasteiger partial charge in [0.05, 0.1) is 0 Å². The second-order valence-corrected chi connectivity index (χ2v) is 5.65. The van der Waals surface area contributed by atoms with Gasteiger partial charge >= 0.3 is 5.97 Å². The summed E-state index contributed by atoms with van der Waals surface area (Å²) in [5, 5.41) is 23.5. The fourth-order valence-corrected chi connectivity index (χ4v) is 2.29. The van der Waals surface area contributed by atoms with Crippen molar-refractivity contribution < 1.29 is 14.7 Å². The molecule has 1 saturated carbocycles. The van der Waals surface area contributed by atoms with E-state index >= 15 is 0 Å². The van der Waals surface area contributed by atoms with Crippen molar-refractivity contribution in [3.63, 3.8) is 0 Å². The van der Waals surface area contributed by atoms with Gasteiger partial charge in [-0.05, 0) is 17.6 Å². The first kappa shape index (κ1) is 15.1. The van der Waals surface area contributed by atoms with Gasteiger partial charge in [-0.25, -0.2) is 4.79 Å². The summed E-state index contributed by atoms with van der Waals surface area (Å²) < 4.78 is 0. The number of carboxylic acids is 1. The largest absolute Gasteiger partial charge is 0.480 e. The van der Waals surface area contributed by atoms with Crippen LogP contribution in [0.25, 0.3) is 11.4 Å². The lowest BCUT2D eigenvalue weighted by Crippen LogP contribution is -2.42. The summed E-state index contributed by atoms with van der Waals surface area (Å²) >= 11 is 0. The first-order chi connectivity index (χ1) is 11.1. The highest BCUT2D eigenvalue weighted by Gasteiger charge is 2.30. The van der Waals surface area contributed by atoms with E-state index in [4.69, 9.17) is 5.11 Å². The van der Waals surface area contributed by atoms with Gasteiger partial charge in [0, 0.05) is 5.56 Å². The van der Waals surface area contributed by atoms with E-state index < -0.39 is 17.9 Å². The summed E-state index contributed by atoms with van der Waals surface area (Å²) in [4.78, 5) is 24.3. The lowest BCUT2D eigenvalue weighted by Gasteiger charge is -2.13. The number of hydrogen-bond acceptors (Lipinski definition) is 5. The van der Waals surface area contributed by atoms with Crippen molar-refractivity contribution >= 4 is 11.9 Å². The number of carbonyl (C=O) groups excluding carboxylic acids is 1. The van der Waals surface area contributed by atoms with E-state index in [9.17, 15) is 9.59 Å². The van der Waals surface area contributed by atoms with Crippen LogP contribution >= 0.6 is 0 Å². The standard InChI is InChI=1S/C15H17N5O3/c21-13(16-12(15(22)23)8-10-6-7-10)9-20-18-14(17-19-20)11-4-2-1-3-5-11/h1-5,10,12H,6-9H2,(H,16,21)(H,22,23). The van der Waals surface area contributed by atoms with Crippen molar-refractivity contribution in [1.29, 1.82) is 0 Å². The normalized spacial score (nSPS) is 15.1. The van der Waals surface area contributed by atoms with E-state index in [-0.39, 0.29) is 6.54 Å². The number of tetrazole rings is 1. The summed E-state index contributed by atoms with van der Waals surface area (Å²) in [6, 6.07) is 8.44. The summed E-state index contributed by atoms with van der Waals surface area (Å²) in [5.74, 6) is -0.617. The molecule has 0 saturated heterocycles. The third-order valence-electron chi connectivity index (χ3n) is 3.67. The van der Waals surface area contributed by atoms with Crippen molar-refractivity contribution in [1.82, 2.24) is 25.5 Å². The molecule has 1 aromatic carbocycles. The lowest BCUT2D eigenvalue weighted by atomic mass is 10.1. The molecule has 0 bridgehead atoms. The Bertz CT molecular complexity index is 696. The van der Waals surface area contributed by atoms with Crippen LogP contribution in [0.3, 0.4) is 0 Å². The highest BCUT2D eigenvalue weighted by Crippen LogP contribution is 2.33. The Morgan fingerprint density at radius 1 is 1.30 bits per heavy atom. The predicted molar refractivity (Wildman–Crippen MR) is 80.2 cm³/mol. The molecule has 23 heavy (non-hydrogen) atoms. The van der Waals surface area contributed by atoms with Crippen molar-refractivity contribution in [3.8, 4) is 11.4 Å². The highest BCUT2D eigenvalue weighted by molar-refractivity contribution is 5.83. The van der Waals surface area contributed by atoms with Crippen LogP contribution in [0.2, 0.25) is 0 Å². The summed E-state index contributed by atoms with van der Waals surface area (Å²) in [6.45, 7) is -0.158. The predicted octanol–water partition coefficient (Wildman–Crippen LogP) is 0.710. The number of aromatic nitrogens is 4. The molecule has 0 spiro atoms. The monoisotopic (exact) mass is 315 g/mol. The summed E-state index contributed by atoms with van der Waals surface area (Å²) in [6.07, 6.45) is 2.54. The van der Waals surface area contributed by atoms with Gasteiger partial charge in [0.1, 0.15) is 12.6 Å². The fourth-order valence-electron chi connectivity index (χ4n) is 2.29. The maximum absolute atomic E-state index is 12.0. The van der Waals surface area contributed by atoms with E-state index in [2.05, 4.69) is 20.7 Å². The zero-order chi connectivity index (χ0) is 16.2. The minimum absolute atomic E-state index is 0.158. The molecule has 2 aromatic rings. The van der Waals surface area contributed by atoms with Crippen molar-refractivity contribution in [2.45, 2.75) is 31.8 Å². The Kier molecular flexibility index (Phi) is 4.31. The second kappa shape index (κ2) is 6.55. The smallest absolute Gasteiger partial charge is 0.326 e. The van der Waals surface area contributed by atoms with E-state index in [1.165, 1.54) is 0 Å². The molecule has 120 valence electrons. The molecule has 0 aliphatic heterocycles. The molecule has 1 amide bonds. The number of carbonyl (C=O) groups is 2. The molecule has 1 heterocycles. The number of benzene rings is 1. The Labute approximate surface area is 132 Å². The molecule has 2 N–H and O–H groups in total. The topological polar surface area (TPSA) is 110 Å². The molecule has 1 fully saturated rings. The summed E-state index contributed by atoms with van der Waals surface area (Å²) in [7, 11) is 0. The van der Waals surface area contributed by atoms with Crippen molar-refractivity contribution in [2.75, 3.05) is 0 Å². The molecular formula is C15H17N5O3. The molecule has 1 atom stereocenters. The lowest BCUT2D eigenvalue weighted by molar-refractivity contribution is -0.142. The minimum Gasteiger partial charge on any atom is -0.480 e. The number of hydrogen-bond donors (Lipinski definition) is 2. The number of amides is 1. The SMILES string of the molecule is O=C(Cn1nnc(-c2ccccc2)n1)NC(CC1CC1)C(=O)O. The van der Waals surface area contributed by atoms with Crippen molar-refractivity contribution in [3.05, 3.63) is 30.3 Å². The van der Waals surface area contributed by atoms with E-state index in [1.54, 1.807) is 0 Å². The van der Waals surface area contributed by atoms with E-state index in [0.29, 0.717) is 18.2 Å². The highest BCUT2D eigenvalue weighted by atomic mass is 16.4. The third-order valence-corrected chi connectivity index (χ3v) is 3.67. The minimum atomic E-state index is -1.01. The Morgan fingerprint density at radius 3 is 2.70 bits per heavy atom. The van der Waals surface area contributed by atoms with Crippen LogP contribution in [-0.4, -0.2) is 43.2 Å². The number of carboxylic acid groups (broad SMARTS) is 1. The van der Waals surface area contributed by atoms with Gasteiger partial charge in [-0.3, -0.25) is 4.79 Å². The molecule has 0 radical (unpaired) electrons. The first-order valence-electron chi connectivity index (χ1n) is 7.47. The van der Waals surface area contributed by atoms with Crippen LogP contribution < -0.4 is 5.32 Å². The van der Waals surface area contributed by atoms with Crippen LogP contribution in [0.1, 0.15) is 19.3 Å². The maximum atomic E-state index is 12.0. The van der Waals surface area contributed by atoms with Crippen LogP contribution in [-0.2, 0) is 16.1 Å². The maximum Gasteiger partial charge on any atom is 0.326 e. The summed E-state index contributed by atoms with van der Waals surface area (Å²) in [5.41, 5.74) is 0.802. The Balaban J connectivity index is 1.59. The molecule has 3 rings (SSSR count). The zero-order valence-electron chi connectivity index (χ0n) is 12.4. The van der Waals surface area contributed by atoms with Crippen LogP contribution in [0.5, 0.6) is 0 Å². The molecule has 1 aliphatic rings. The molecule has 1 aromatic heterocycles. The third kappa shape index (κ3) is 4.12. The quantitative estimate of drug-likeness (QED) is 0.778. The van der Waals surface area contributed by atoms with Crippen LogP contribution in [0.4, 0.5) is 0 Å². The van der Waals surface area contributed by atoms with Gasteiger partial charge in [0.25, 0.3) is 0 Å². The van der Waals surface area contributed by atoms with E-state index in [1.807, 2.05) is 30.3 Å². The zero-order valence-corrected chi connectivity index (χ0v) is 12.4. The van der Waals surface area contributed by atoms with Crippen molar-refractivity contribution in [2.24, 2.45) is 5.92 Å². The molecule has 8 heteroatoms. The number of nitrogens with zero attached hydrogens (tertiary/aromatic N) is 4. The van der Waals surface area contributed by atoms with Crippen LogP contribution in [0, 0.1) is 5.92 Å². The van der Waals surface area contributed by atoms with Gasteiger partial charge < -0.3 is 10.4 Å². The van der Waals surface area contributed by atoms with Gasteiger partial charge in [-0.1, -0.05) is 43.2 Å². The second-order valence-electron chi connectivity index (χ2n) is 5.65.